The van der Waals surface area contributed by atoms with Gasteiger partial charge in [-0.3, -0.25) is 19.3 Å². The predicted octanol–water partition coefficient (Wildman–Crippen LogP) is 0.464. The first-order valence-electron chi connectivity index (χ1n) is 12.0. The number of phenols is 1. The summed E-state index contributed by atoms with van der Waals surface area (Å²) < 4.78 is 20.4. The number of amides is 5. The Kier molecular flexibility index (Phi) is 8.16. The zero-order chi connectivity index (χ0) is 29.3. The minimum absolute atomic E-state index is 0.0497. The molecule has 4 rings (SSSR count). The number of aromatic hydroxyl groups is 1. The molecular weight excluding hydrogens is 554 g/mol. The second-order valence-corrected chi connectivity index (χ2v) is 9.33. The van der Waals surface area contributed by atoms with Gasteiger partial charge in [0.05, 0.1) is 11.5 Å². The Morgan fingerprint density at radius 2 is 1.93 bits per heavy atom. The first kappa shape index (κ1) is 28.6. The van der Waals surface area contributed by atoms with Crippen molar-refractivity contribution in [1.29, 1.82) is 0 Å². The van der Waals surface area contributed by atoms with Crippen LogP contribution >= 0.6 is 11.6 Å². The van der Waals surface area contributed by atoms with E-state index < -0.39 is 71.0 Å². The fourth-order valence-electron chi connectivity index (χ4n) is 4.42. The number of carbonyl (C=O) groups is 5. The molecule has 1 unspecified atom stereocenters. The summed E-state index contributed by atoms with van der Waals surface area (Å²) in [6.07, 6.45) is -0.0885. The van der Waals surface area contributed by atoms with E-state index in [1.807, 2.05) is 0 Å². The SMILES string of the molecule is CCN1CCN(C(=O)NC(C(=O)N[C@H]2Cc3cccc(C(=O)O)c3OB2O)c2ccc(O)c(Cl)c2F)C(=O)C1=O. The number of nitrogens with one attached hydrogen (secondary N) is 2. The second kappa shape index (κ2) is 11.4. The molecule has 0 bridgehead atoms. The van der Waals surface area contributed by atoms with Crippen molar-refractivity contribution in [2.45, 2.75) is 25.3 Å². The molecule has 2 aromatic carbocycles. The number of imide groups is 1. The van der Waals surface area contributed by atoms with Crippen LogP contribution in [0.5, 0.6) is 11.5 Å². The molecule has 5 amide bonds. The molecule has 2 aliphatic heterocycles. The Bertz CT molecular complexity index is 1410. The van der Waals surface area contributed by atoms with Crippen LogP contribution < -0.4 is 15.3 Å². The highest BCUT2D eigenvalue weighted by molar-refractivity contribution is 6.47. The number of piperazine rings is 1. The molecule has 1 fully saturated rings. The van der Waals surface area contributed by atoms with E-state index in [1.165, 1.54) is 23.1 Å². The minimum atomic E-state index is -1.85. The normalized spacial score (nSPS) is 17.6. The maximum Gasteiger partial charge on any atom is 0.547 e. The third kappa shape index (κ3) is 5.38. The first-order chi connectivity index (χ1) is 18.9. The Hall–Kier alpha value is -4.37. The number of aromatic carboxylic acids is 1. The largest absolute Gasteiger partial charge is 0.547 e. The van der Waals surface area contributed by atoms with Crippen molar-refractivity contribution in [3.8, 4) is 11.5 Å². The Balaban J connectivity index is 1.61. The molecule has 0 radical (unpaired) electrons. The average molecular weight is 577 g/mol. The number of hydrogen-bond acceptors (Lipinski definition) is 8. The van der Waals surface area contributed by atoms with Crippen LogP contribution in [-0.2, 0) is 20.8 Å². The minimum Gasteiger partial charge on any atom is -0.534 e. The van der Waals surface area contributed by atoms with E-state index in [1.54, 1.807) is 6.92 Å². The van der Waals surface area contributed by atoms with E-state index in [4.69, 9.17) is 16.3 Å². The van der Waals surface area contributed by atoms with Gasteiger partial charge in [0, 0.05) is 25.2 Å². The number of para-hydroxylation sites is 1. The number of urea groups is 1. The third-order valence-corrected chi connectivity index (χ3v) is 6.91. The van der Waals surface area contributed by atoms with Gasteiger partial charge in [0.15, 0.2) is 5.82 Å². The van der Waals surface area contributed by atoms with Gasteiger partial charge in [-0.25, -0.2) is 14.0 Å². The standard InChI is InChI=1S/C24H23BClFN4O9/c1-2-30-8-9-31(22(35)21(30)34)24(38)29-18(12-6-7-14(32)16(26)17(12)27)20(33)28-15-10-11-4-3-5-13(23(36)37)19(11)40-25(15)39/h3-7,15,18,32,39H,2,8-10H2,1H3,(H,28,33)(H,29,38)(H,36,37)/t15-,18?/m0/s1. The van der Waals surface area contributed by atoms with Crippen LogP contribution in [-0.4, -0.2) is 87.5 Å². The summed E-state index contributed by atoms with van der Waals surface area (Å²) in [5.41, 5.74) is -0.332. The monoisotopic (exact) mass is 576 g/mol. The molecule has 5 N–H and O–H groups in total. The first-order valence-corrected chi connectivity index (χ1v) is 12.4. The summed E-state index contributed by atoms with van der Waals surface area (Å²) in [5.74, 6) is -7.54. The van der Waals surface area contributed by atoms with Crippen molar-refractivity contribution in [3.63, 3.8) is 0 Å². The van der Waals surface area contributed by atoms with Gasteiger partial charge in [-0.05, 0) is 37.1 Å². The van der Waals surface area contributed by atoms with Gasteiger partial charge in [-0.1, -0.05) is 23.7 Å². The number of halogens is 2. The van der Waals surface area contributed by atoms with Crippen molar-refractivity contribution in [3.05, 3.63) is 57.9 Å². The average Bonchev–Trinajstić information content (AvgIpc) is 2.92. The summed E-state index contributed by atoms with van der Waals surface area (Å²) >= 11 is 5.81. The number of nitrogens with zero attached hydrogens (tertiary/aromatic N) is 2. The number of hydrogen-bond donors (Lipinski definition) is 5. The molecular formula is C24H23BClFN4O9. The lowest BCUT2D eigenvalue weighted by atomic mass is 9.72. The molecule has 210 valence electrons. The molecule has 1 saturated heterocycles. The molecule has 2 aromatic rings. The van der Waals surface area contributed by atoms with Gasteiger partial charge >= 0.3 is 30.9 Å². The zero-order valence-corrected chi connectivity index (χ0v) is 21.6. The van der Waals surface area contributed by atoms with E-state index in [9.17, 15) is 39.2 Å². The molecule has 0 spiro atoms. The summed E-state index contributed by atoms with van der Waals surface area (Å²) in [5, 5.41) is 33.6. The van der Waals surface area contributed by atoms with E-state index in [0.717, 1.165) is 12.1 Å². The fourth-order valence-corrected chi connectivity index (χ4v) is 4.59. The van der Waals surface area contributed by atoms with E-state index in [2.05, 4.69) is 10.6 Å². The van der Waals surface area contributed by atoms with Gasteiger partial charge in [-0.2, -0.15) is 0 Å². The lowest BCUT2D eigenvalue weighted by Crippen LogP contribution is -2.60. The third-order valence-electron chi connectivity index (χ3n) is 6.55. The van der Waals surface area contributed by atoms with Gasteiger partial charge in [0.25, 0.3) is 0 Å². The van der Waals surface area contributed by atoms with Gasteiger partial charge in [0.2, 0.25) is 5.91 Å². The molecule has 0 saturated carbocycles. The quantitative estimate of drug-likeness (QED) is 0.241. The summed E-state index contributed by atoms with van der Waals surface area (Å²) in [6.45, 7) is 1.76. The highest BCUT2D eigenvalue weighted by atomic mass is 35.5. The Morgan fingerprint density at radius 3 is 2.60 bits per heavy atom. The van der Waals surface area contributed by atoms with E-state index in [0.29, 0.717) is 10.5 Å². The van der Waals surface area contributed by atoms with Crippen LogP contribution in [0, 0.1) is 5.82 Å². The molecule has 2 atom stereocenters. The molecule has 0 aliphatic carbocycles. The van der Waals surface area contributed by atoms with Crippen LogP contribution in [0.3, 0.4) is 0 Å². The molecule has 2 aliphatic rings. The number of carboxylic acid groups (broad SMARTS) is 1. The molecule has 2 heterocycles. The van der Waals surface area contributed by atoms with Crippen molar-refractivity contribution in [2.24, 2.45) is 0 Å². The number of phenolic OH excluding ortho intramolecular Hbond substituents is 1. The van der Waals surface area contributed by atoms with Crippen LogP contribution in [0.2, 0.25) is 5.02 Å². The number of carboxylic acids is 1. The maximum atomic E-state index is 15.1. The van der Waals surface area contributed by atoms with Crippen molar-refractivity contribution >= 4 is 48.4 Å². The zero-order valence-electron chi connectivity index (χ0n) is 20.9. The summed E-state index contributed by atoms with van der Waals surface area (Å²) in [6, 6.07) is 3.23. The summed E-state index contributed by atoms with van der Waals surface area (Å²) in [4.78, 5) is 64.5. The van der Waals surface area contributed by atoms with E-state index in [-0.39, 0.29) is 37.4 Å². The second-order valence-electron chi connectivity index (χ2n) is 8.95. The smallest absolute Gasteiger partial charge is 0.534 e. The number of rotatable bonds is 6. The van der Waals surface area contributed by atoms with Gasteiger partial charge in [0.1, 0.15) is 22.6 Å². The topological polar surface area (TPSA) is 186 Å². The van der Waals surface area contributed by atoms with Crippen molar-refractivity contribution in [2.75, 3.05) is 19.6 Å². The Morgan fingerprint density at radius 1 is 1.20 bits per heavy atom. The molecule has 0 aromatic heterocycles. The predicted molar refractivity (Wildman–Crippen MR) is 136 cm³/mol. The highest BCUT2D eigenvalue weighted by Crippen LogP contribution is 2.33. The highest BCUT2D eigenvalue weighted by Gasteiger charge is 2.41. The van der Waals surface area contributed by atoms with Crippen molar-refractivity contribution < 1.29 is 48.3 Å². The Labute approximate surface area is 231 Å². The molecule has 13 nitrogen and oxygen atoms in total. The number of benzene rings is 2. The van der Waals surface area contributed by atoms with Crippen LogP contribution in [0.25, 0.3) is 0 Å². The van der Waals surface area contributed by atoms with Crippen LogP contribution in [0.15, 0.2) is 30.3 Å². The van der Waals surface area contributed by atoms with Gasteiger partial charge in [-0.15, -0.1) is 0 Å². The van der Waals surface area contributed by atoms with Crippen molar-refractivity contribution in [1.82, 2.24) is 20.4 Å². The number of likely N-dealkylation sites (N-methyl/N-ethyl adjacent to an activating group) is 1. The summed E-state index contributed by atoms with van der Waals surface area (Å²) in [7, 11) is -1.72. The number of fused-ring (bicyclic) bond motifs is 1. The lowest BCUT2D eigenvalue weighted by Gasteiger charge is -2.33. The van der Waals surface area contributed by atoms with Crippen LogP contribution in [0.4, 0.5) is 9.18 Å². The maximum absolute atomic E-state index is 15.1. The number of carbonyl (C=O) groups excluding carboxylic acids is 4. The lowest BCUT2D eigenvalue weighted by molar-refractivity contribution is -0.153. The molecule has 40 heavy (non-hydrogen) atoms. The van der Waals surface area contributed by atoms with E-state index >= 15 is 4.39 Å². The van der Waals surface area contributed by atoms with Crippen LogP contribution in [0.1, 0.15) is 34.5 Å². The van der Waals surface area contributed by atoms with Gasteiger partial charge < -0.3 is 35.4 Å². The fraction of sp³-hybridized carbons (Fsp3) is 0.292. The molecule has 16 heteroatoms.